The normalized spacial score (nSPS) is 20.0. The first-order valence-corrected chi connectivity index (χ1v) is 6.16. The van der Waals surface area contributed by atoms with Crippen LogP contribution in [0.15, 0.2) is 0 Å². The Hall–Kier alpha value is -0.410. The zero-order valence-corrected chi connectivity index (χ0v) is 11.1. The van der Waals surface area contributed by atoms with Crippen LogP contribution in [0.2, 0.25) is 0 Å². The van der Waals surface area contributed by atoms with Crippen LogP contribution in [0.3, 0.4) is 0 Å². The first-order chi connectivity index (χ1) is 7.43. The van der Waals surface area contributed by atoms with Crippen LogP contribution in [0.5, 0.6) is 0 Å². The van der Waals surface area contributed by atoms with Crippen LogP contribution in [0.1, 0.15) is 33.6 Å². The highest BCUT2D eigenvalue weighted by atomic mass is 16.5. The molecule has 0 aromatic heterocycles. The largest absolute Gasteiger partial charge is 0.377 e. The highest BCUT2D eigenvalue weighted by Crippen LogP contribution is 2.34. The van der Waals surface area contributed by atoms with Gasteiger partial charge in [-0.2, -0.15) is 0 Å². The quantitative estimate of drug-likeness (QED) is 0.735. The summed E-state index contributed by atoms with van der Waals surface area (Å²) in [6.45, 7) is 9.84. The summed E-state index contributed by atoms with van der Waals surface area (Å²) in [7, 11) is 1.57. The highest BCUT2D eigenvalue weighted by molar-refractivity contribution is 5.81. The topological polar surface area (TPSA) is 29.5 Å². The van der Waals surface area contributed by atoms with Gasteiger partial charge in [0.05, 0.1) is 6.54 Å². The molecule has 0 spiro atoms. The SMILES string of the molecule is COCC(=O)CN1CCC(C(C)(C)C)CC1. The van der Waals surface area contributed by atoms with Crippen molar-refractivity contribution in [2.75, 3.05) is 33.4 Å². The van der Waals surface area contributed by atoms with Crippen molar-refractivity contribution in [3.8, 4) is 0 Å². The fraction of sp³-hybridized carbons (Fsp3) is 0.923. The number of ketones is 1. The lowest BCUT2D eigenvalue weighted by Gasteiger charge is -2.38. The molecule has 3 heteroatoms. The molecule has 0 aliphatic carbocycles. The third-order valence-corrected chi connectivity index (χ3v) is 3.52. The summed E-state index contributed by atoms with van der Waals surface area (Å²) in [6.07, 6.45) is 2.42. The molecule has 1 saturated heterocycles. The van der Waals surface area contributed by atoms with Gasteiger partial charge in [0.15, 0.2) is 5.78 Å². The van der Waals surface area contributed by atoms with Gasteiger partial charge in [-0.05, 0) is 37.3 Å². The number of likely N-dealkylation sites (tertiary alicyclic amines) is 1. The summed E-state index contributed by atoms with van der Waals surface area (Å²) in [4.78, 5) is 13.7. The molecule has 0 bridgehead atoms. The van der Waals surface area contributed by atoms with Gasteiger partial charge >= 0.3 is 0 Å². The van der Waals surface area contributed by atoms with Crippen molar-refractivity contribution in [1.29, 1.82) is 0 Å². The predicted octanol–water partition coefficient (Wildman–Crippen LogP) is 1.96. The van der Waals surface area contributed by atoms with E-state index < -0.39 is 0 Å². The molecule has 0 amide bonds. The van der Waals surface area contributed by atoms with Crippen molar-refractivity contribution in [1.82, 2.24) is 4.90 Å². The molecular formula is C13H25NO2. The van der Waals surface area contributed by atoms with E-state index in [1.54, 1.807) is 7.11 Å². The molecule has 0 aromatic rings. The van der Waals surface area contributed by atoms with Gasteiger partial charge in [0.1, 0.15) is 6.61 Å². The third kappa shape index (κ3) is 4.22. The zero-order chi connectivity index (χ0) is 12.2. The van der Waals surface area contributed by atoms with Crippen molar-refractivity contribution < 1.29 is 9.53 Å². The Bertz CT molecular complexity index is 225. The molecule has 0 unspecified atom stereocenters. The molecule has 1 rings (SSSR count). The fourth-order valence-electron chi connectivity index (χ4n) is 2.41. The number of hydrogen-bond acceptors (Lipinski definition) is 3. The van der Waals surface area contributed by atoms with E-state index in [2.05, 4.69) is 25.7 Å². The maximum atomic E-state index is 11.4. The summed E-state index contributed by atoms with van der Waals surface area (Å²) >= 11 is 0. The molecule has 0 radical (unpaired) electrons. The van der Waals surface area contributed by atoms with Gasteiger partial charge in [0.25, 0.3) is 0 Å². The molecule has 0 saturated carbocycles. The summed E-state index contributed by atoms with van der Waals surface area (Å²) < 4.78 is 4.84. The van der Waals surface area contributed by atoms with Crippen LogP contribution in [-0.4, -0.2) is 44.0 Å². The lowest BCUT2D eigenvalue weighted by atomic mass is 9.75. The smallest absolute Gasteiger partial charge is 0.172 e. The minimum Gasteiger partial charge on any atom is -0.377 e. The van der Waals surface area contributed by atoms with Crippen molar-refractivity contribution in [2.24, 2.45) is 11.3 Å². The minimum absolute atomic E-state index is 0.191. The number of hydrogen-bond donors (Lipinski definition) is 0. The first kappa shape index (κ1) is 13.7. The van der Waals surface area contributed by atoms with Crippen LogP contribution in [0.4, 0.5) is 0 Å². The van der Waals surface area contributed by atoms with Gasteiger partial charge in [-0.15, -0.1) is 0 Å². The van der Waals surface area contributed by atoms with E-state index in [1.807, 2.05) is 0 Å². The Morgan fingerprint density at radius 3 is 2.31 bits per heavy atom. The molecule has 1 aliphatic heterocycles. The monoisotopic (exact) mass is 227 g/mol. The van der Waals surface area contributed by atoms with Gasteiger partial charge < -0.3 is 4.74 Å². The van der Waals surface area contributed by atoms with Gasteiger partial charge in [0.2, 0.25) is 0 Å². The van der Waals surface area contributed by atoms with Gasteiger partial charge in [-0.25, -0.2) is 0 Å². The van der Waals surface area contributed by atoms with Crippen molar-refractivity contribution in [2.45, 2.75) is 33.6 Å². The van der Waals surface area contributed by atoms with Crippen molar-refractivity contribution >= 4 is 5.78 Å². The standard InChI is InChI=1S/C13H25NO2/c1-13(2,3)11-5-7-14(8-6-11)9-12(15)10-16-4/h11H,5-10H2,1-4H3. The Labute approximate surface area is 99.1 Å². The number of rotatable bonds is 4. The molecule has 0 aromatic carbocycles. The van der Waals surface area contributed by atoms with Crippen LogP contribution in [-0.2, 0) is 9.53 Å². The van der Waals surface area contributed by atoms with Gasteiger partial charge in [-0.3, -0.25) is 9.69 Å². The second kappa shape index (κ2) is 5.78. The Kier molecular flexibility index (Phi) is 4.93. The summed E-state index contributed by atoms with van der Waals surface area (Å²) in [6, 6.07) is 0. The van der Waals surface area contributed by atoms with E-state index in [0.717, 1.165) is 19.0 Å². The van der Waals surface area contributed by atoms with Crippen LogP contribution < -0.4 is 0 Å². The predicted molar refractivity (Wildman–Crippen MR) is 65.5 cm³/mol. The Morgan fingerprint density at radius 2 is 1.88 bits per heavy atom. The number of Topliss-reactive ketones (excluding diaryl/α,β-unsaturated/α-hetero) is 1. The molecule has 1 fully saturated rings. The summed E-state index contributed by atoms with van der Waals surface area (Å²) in [5.74, 6) is 0.984. The first-order valence-electron chi connectivity index (χ1n) is 6.16. The van der Waals surface area contributed by atoms with E-state index in [-0.39, 0.29) is 12.4 Å². The number of piperidine rings is 1. The van der Waals surface area contributed by atoms with Crippen LogP contribution >= 0.6 is 0 Å². The number of nitrogens with zero attached hydrogens (tertiary/aromatic N) is 1. The van der Waals surface area contributed by atoms with E-state index in [9.17, 15) is 4.79 Å². The lowest BCUT2D eigenvalue weighted by Crippen LogP contribution is -2.41. The van der Waals surface area contributed by atoms with E-state index in [4.69, 9.17) is 4.74 Å². The Balaban J connectivity index is 2.30. The lowest BCUT2D eigenvalue weighted by molar-refractivity contribution is -0.124. The second-order valence-electron chi connectivity index (χ2n) is 5.89. The van der Waals surface area contributed by atoms with Gasteiger partial charge in [0, 0.05) is 7.11 Å². The van der Waals surface area contributed by atoms with E-state index >= 15 is 0 Å². The Morgan fingerprint density at radius 1 is 1.31 bits per heavy atom. The third-order valence-electron chi connectivity index (χ3n) is 3.52. The average molecular weight is 227 g/mol. The van der Waals surface area contributed by atoms with E-state index in [0.29, 0.717) is 12.0 Å². The molecule has 1 heterocycles. The minimum atomic E-state index is 0.191. The van der Waals surface area contributed by atoms with Gasteiger partial charge in [-0.1, -0.05) is 20.8 Å². The molecule has 3 nitrogen and oxygen atoms in total. The highest BCUT2D eigenvalue weighted by Gasteiger charge is 2.29. The molecule has 16 heavy (non-hydrogen) atoms. The zero-order valence-electron chi connectivity index (χ0n) is 11.1. The summed E-state index contributed by atoms with van der Waals surface area (Å²) in [5, 5.41) is 0. The fourth-order valence-corrected chi connectivity index (χ4v) is 2.41. The molecule has 0 atom stereocenters. The van der Waals surface area contributed by atoms with E-state index in [1.165, 1.54) is 12.8 Å². The summed E-state index contributed by atoms with van der Waals surface area (Å²) in [5.41, 5.74) is 0.405. The number of ether oxygens (including phenoxy) is 1. The van der Waals surface area contributed by atoms with Crippen LogP contribution in [0, 0.1) is 11.3 Å². The number of methoxy groups -OCH3 is 1. The maximum Gasteiger partial charge on any atom is 0.172 e. The van der Waals surface area contributed by atoms with Crippen molar-refractivity contribution in [3.05, 3.63) is 0 Å². The number of carbonyl (C=O) groups is 1. The van der Waals surface area contributed by atoms with Crippen LogP contribution in [0.25, 0.3) is 0 Å². The number of carbonyl (C=O) groups excluding carboxylic acids is 1. The molecular weight excluding hydrogens is 202 g/mol. The second-order valence-corrected chi connectivity index (χ2v) is 5.89. The van der Waals surface area contributed by atoms with Crippen molar-refractivity contribution in [3.63, 3.8) is 0 Å². The molecule has 1 aliphatic rings. The molecule has 94 valence electrons. The molecule has 0 N–H and O–H groups in total. The maximum absolute atomic E-state index is 11.4. The average Bonchev–Trinajstić information content (AvgIpc) is 2.17.